The Kier molecular flexibility index (Phi) is 4.41. The number of aryl methyl sites for hydroxylation is 1. The normalized spacial score (nSPS) is 16.7. The second kappa shape index (κ2) is 6.36. The number of carbonyl (C=O) groups excluding carboxylic acids is 1. The van der Waals surface area contributed by atoms with E-state index in [1.54, 1.807) is 7.11 Å². The topological polar surface area (TPSA) is 83.7 Å². The molecule has 1 aliphatic rings. The first-order valence-corrected chi connectivity index (χ1v) is 8.20. The van der Waals surface area contributed by atoms with Crippen LogP contribution in [0, 0.1) is 12.3 Å². The van der Waals surface area contributed by atoms with E-state index < -0.39 is 0 Å². The molecule has 2 aromatic rings. The van der Waals surface area contributed by atoms with Crippen LogP contribution in [0.15, 0.2) is 22.6 Å². The van der Waals surface area contributed by atoms with Gasteiger partial charge in [-0.25, -0.2) is 4.79 Å². The molecule has 1 aromatic carbocycles. The van der Waals surface area contributed by atoms with Crippen molar-refractivity contribution < 1.29 is 19.1 Å². The lowest BCUT2D eigenvalue weighted by molar-refractivity contribution is 0.202. The Morgan fingerprint density at radius 3 is 2.83 bits per heavy atom. The number of aliphatic hydroxyl groups is 1. The van der Waals surface area contributed by atoms with E-state index in [2.05, 4.69) is 10.6 Å². The van der Waals surface area contributed by atoms with Crippen molar-refractivity contribution in [2.24, 2.45) is 5.41 Å². The summed E-state index contributed by atoms with van der Waals surface area (Å²) in [6.45, 7) is 4.48. The lowest BCUT2D eigenvalue weighted by atomic mass is 10.1. The van der Waals surface area contributed by atoms with E-state index in [1.807, 2.05) is 32.0 Å². The van der Waals surface area contributed by atoms with E-state index in [4.69, 9.17) is 9.15 Å². The zero-order valence-corrected chi connectivity index (χ0v) is 14.3. The van der Waals surface area contributed by atoms with Crippen molar-refractivity contribution in [1.29, 1.82) is 0 Å². The first-order chi connectivity index (χ1) is 11.5. The number of furan rings is 1. The number of carbonyl (C=O) groups is 1. The third-order valence-electron chi connectivity index (χ3n) is 4.84. The van der Waals surface area contributed by atoms with E-state index in [0.717, 1.165) is 40.9 Å². The molecule has 1 aromatic heterocycles. The first-order valence-electron chi connectivity index (χ1n) is 8.20. The van der Waals surface area contributed by atoms with Crippen LogP contribution in [0.2, 0.25) is 0 Å². The van der Waals surface area contributed by atoms with Crippen LogP contribution < -0.4 is 15.4 Å². The van der Waals surface area contributed by atoms with Crippen LogP contribution in [0.25, 0.3) is 11.0 Å². The molecule has 1 atom stereocenters. The molecule has 6 nitrogen and oxygen atoms in total. The lowest BCUT2D eigenvalue weighted by Gasteiger charge is -2.16. The van der Waals surface area contributed by atoms with Gasteiger partial charge in [-0.15, -0.1) is 0 Å². The molecule has 0 bridgehead atoms. The summed E-state index contributed by atoms with van der Waals surface area (Å²) in [6, 6.07) is 5.15. The molecule has 130 valence electrons. The largest absolute Gasteiger partial charge is 0.497 e. The molecule has 1 aliphatic carbocycles. The standard InChI is InChI=1S/C18H24N2O4/c1-11-14-8-13(23-3)4-5-15(14)24-16(11)12(2)20-17(22)19-9-18(10-21)6-7-18/h4-5,8,12,21H,6-7,9-10H2,1-3H3,(H2,19,20,22). The van der Waals surface area contributed by atoms with Crippen molar-refractivity contribution in [3.05, 3.63) is 29.5 Å². The van der Waals surface area contributed by atoms with Gasteiger partial charge in [0, 0.05) is 22.9 Å². The van der Waals surface area contributed by atoms with Crippen LogP contribution in [0.3, 0.4) is 0 Å². The van der Waals surface area contributed by atoms with E-state index in [9.17, 15) is 9.90 Å². The summed E-state index contributed by atoms with van der Waals surface area (Å²) < 4.78 is 11.2. The molecular formula is C18H24N2O4. The maximum atomic E-state index is 12.1. The van der Waals surface area contributed by atoms with Crippen molar-refractivity contribution in [3.63, 3.8) is 0 Å². The fourth-order valence-electron chi connectivity index (χ4n) is 2.91. The van der Waals surface area contributed by atoms with Crippen molar-refractivity contribution >= 4 is 17.0 Å². The average molecular weight is 332 g/mol. The quantitative estimate of drug-likeness (QED) is 0.759. The van der Waals surface area contributed by atoms with Gasteiger partial charge in [-0.2, -0.15) is 0 Å². The summed E-state index contributed by atoms with van der Waals surface area (Å²) in [5.74, 6) is 1.51. The van der Waals surface area contributed by atoms with E-state index in [1.165, 1.54) is 0 Å². The SMILES string of the molecule is COc1ccc2oc(C(C)NC(=O)NCC3(CO)CC3)c(C)c2c1. The second-order valence-corrected chi connectivity index (χ2v) is 6.66. The van der Waals surface area contributed by atoms with Crippen LogP contribution in [-0.4, -0.2) is 31.4 Å². The maximum absolute atomic E-state index is 12.1. The number of rotatable bonds is 6. The predicted molar refractivity (Wildman–Crippen MR) is 91.2 cm³/mol. The number of nitrogens with one attached hydrogen (secondary N) is 2. The molecule has 0 saturated heterocycles. The fourth-order valence-corrected chi connectivity index (χ4v) is 2.91. The third kappa shape index (κ3) is 3.19. The van der Waals surface area contributed by atoms with Gasteiger partial charge in [0.2, 0.25) is 0 Å². The molecule has 1 saturated carbocycles. The monoisotopic (exact) mass is 332 g/mol. The molecule has 2 amide bonds. The van der Waals surface area contributed by atoms with Crippen LogP contribution >= 0.6 is 0 Å². The summed E-state index contributed by atoms with van der Waals surface area (Å²) >= 11 is 0. The zero-order chi connectivity index (χ0) is 17.3. The van der Waals surface area contributed by atoms with Gasteiger partial charge in [0.05, 0.1) is 19.8 Å². The van der Waals surface area contributed by atoms with Crippen LogP contribution in [-0.2, 0) is 0 Å². The van der Waals surface area contributed by atoms with E-state index in [0.29, 0.717) is 6.54 Å². The van der Waals surface area contributed by atoms with Gasteiger partial charge in [-0.05, 0) is 44.9 Å². The number of hydrogen-bond acceptors (Lipinski definition) is 4. The molecule has 6 heteroatoms. The Labute approximate surface area is 141 Å². The average Bonchev–Trinajstić information content (AvgIpc) is 3.30. The van der Waals surface area contributed by atoms with Gasteiger partial charge in [-0.3, -0.25) is 0 Å². The summed E-state index contributed by atoms with van der Waals surface area (Å²) in [4.78, 5) is 12.1. The number of ether oxygens (including phenoxy) is 1. The van der Waals surface area contributed by atoms with Crippen LogP contribution in [0.1, 0.15) is 37.1 Å². The second-order valence-electron chi connectivity index (χ2n) is 6.66. The van der Waals surface area contributed by atoms with Crippen molar-refractivity contribution in [2.45, 2.75) is 32.7 Å². The van der Waals surface area contributed by atoms with E-state index in [-0.39, 0.29) is 24.1 Å². The van der Waals surface area contributed by atoms with Crippen LogP contribution in [0.5, 0.6) is 5.75 Å². The summed E-state index contributed by atoms with van der Waals surface area (Å²) in [7, 11) is 1.63. The predicted octanol–water partition coefficient (Wildman–Crippen LogP) is 2.88. The number of urea groups is 1. The third-order valence-corrected chi connectivity index (χ3v) is 4.84. The fraction of sp³-hybridized carbons (Fsp3) is 0.500. The van der Waals surface area contributed by atoms with Gasteiger partial charge in [0.25, 0.3) is 0 Å². The van der Waals surface area contributed by atoms with Crippen LogP contribution in [0.4, 0.5) is 4.79 Å². The Morgan fingerprint density at radius 2 is 2.21 bits per heavy atom. The number of benzene rings is 1. The maximum Gasteiger partial charge on any atom is 0.315 e. The molecule has 3 N–H and O–H groups in total. The Balaban J connectivity index is 1.68. The molecule has 0 aliphatic heterocycles. The lowest BCUT2D eigenvalue weighted by Crippen LogP contribution is -2.40. The van der Waals surface area contributed by atoms with Crippen molar-refractivity contribution in [1.82, 2.24) is 10.6 Å². The van der Waals surface area contributed by atoms with E-state index >= 15 is 0 Å². The molecule has 3 rings (SSSR count). The summed E-state index contributed by atoms with van der Waals surface area (Å²) in [5.41, 5.74) is 1.66. The minimum absolute atomic E-state index is 0.105. The highest BCUT2D eigenvalue weighted by molar-refractivity contribution is 5.84. The molecule has 1 unspecified atom stereocenters. The molecule has 0 spiro atoms. The molecule has 1 heterocycles. The summed E-state index contributed by atoms with van der Waals surface area (Å²) in [5, 5.41) is 16.0. The Hall–Kier alpha value is -2.21. The van der Waals surface area contributed by atoms with Gasteiger partial charge in [0.1, 0.15) is 17.1 Å². The number of aliphatic hydroxyl groups excluding tert-OH is 1. The smallest absolute Gasteiger partial charge is 0.315 e. The highest BCUT2D eigenvalue weighted by Crippen LogP contribution is 2.44. The van der Waals surface area contributed by atoms with Gasteiger partial charge in [0.15, 0.2) is 0 Å². The minimum Gasteiger partial charge on any atom is -0.497 e. The minimum atomic E-state index is -0.257. The number of fused-ring (bicyclic) bond motifs is 1. The highest BCUT2D eigenvalue weighted by atomic mass is 16.5. The van der Waals surface area contributed by atoms with Crippen molar-refractivity contribution in [3.8, 4) is 5.75 Å². The van der Waals surface area contributed by atoms with Gasteiger partial charge in [-0.1, -0.05) is 0 Å². The molecular weight excluding hydrogens is 308 g/mol. The number of amides is 2. The Morgan fingerprint density at radius 1 is 1.46 bits per heavy atom. The zero-order valence-electron chi connectivity index (χ0n) is 14.3. The molecule has 1 fully saturated rings. The Bertz CT molecular complexity index is 749. The molecule has 0 radical (unpaired) electrons. The van der Waals surface area contributed by atoms with Gasteiger partial charge >= 0.3 is 6.03 Å². The molecule has 24 heavy (non-hydrogen) atoms. The summed E-state index contributed by atoms with van der Waals surface area (Å²) in [6.07, 6.45) is 1.92. The van der Waals surface area contributed by atoms with Crippen molar-refractivity contribution in [2.75, 3.05) is 20.3 Å². The van der Waals surface area contributed by atoms with Gasteiger partial charge < -0.3 is 24.9 Å². The number of methoxy groups -OCH3 is 1. The first kappa shape index (κ1) is 16.6. The number of hydrogen-bond donors (Lipinski definition) is 3. The highest BCUT2D eigenvalue weighted by Gasteiger charge is 2.42.